The van der Waals surface area contributed by atoms with Crippen LogP contribution in [0.2, 0.25) is 0 Å². The molecule has 1 aliphatic rings. The summed E-state index contributed by atoms with van der Waals surface area (Å²) in [5.74, 6) is -0.0874. The van der Waals surface area contributed by atoms with E-state index in [4.69, 9.17) is 14.2 Å². The molecule has 1 heterocycles. The number of nitrogens with one attached hydrogen (secondary N) is 1. The number of amides is 2. The van der Waals surface area contributed by atoms with E-state index in [0.717, 1.165) is 11.1 Å². The zero-order chi connectivity index (χ0) is 28.8. The Morgan fingerprint density at radius 3 is 1.88 bits per heavy atom. The highest BCUT2D eigenvalue weighted by atomic mass is 16.5. The predicted octanol–water partition coefficient (Wildman–Crippen LogP) is 4.49. The summed E-state index contributed by atoms with van der Waals surface area (Å²) >= 11 is 0. The average Bonchev–Trinajstić information content (AvgIpc) is 2.96. The Hall–Kier alpha value is -4.73. The highest BCUT2D eigenvalue weighted by molar-refractivity contribution is 6.11. The number of urea groups is 1. The van der Waals surface area contributed by atoms with Gasteiger partial charge in [-0.3, -0.25) is 4.79 Å². The number of nitrogens with zero attached hydrogens (tertiary/aromatic N) is 1. The van der Waals surface area contributed by atoms with Crippen LogP contribution >= 0.6 is 0 Å². The van der Waals surface area contributed by atoms with Crippen molar-refractivity contribution in [2.45, 2.75) is 31.7 Å². The SMILES string of the molecule is COc1cc(CCC(=O)C2C(CCc3ccc(O)c(OC)c3)=NC(=O)NC2c2ccc(O)c(OC)c2)ccc1O. The minimum Gasteiger partial charge on any atom is -0.504 e. The molecule has 2 amide bonds. The number of phenolic OH excluding ortho intramolecular Hbond substituents is 3. The second-order valence-electron chi connectivity index (χ2n) is 9.42. The monoisotopic (exact) mass is 548 g/mol. The normalized spacial score (nSPS) is 16.6. The van der Waals surface area contributed by atoms with Gasteiger partial charge in [-0.1, -0.05) is 18.2 Å². The fourth-order valence-corrected chi connectivity index (χ4v) is 4.84. The molecule has 3 aromatic rings. The fourth-order valence-electron chi connectivity index (χ4n) is 4.84. The van der Waals surface area contributed by atoms with E-state index >= 15 is 0 Å². The van der Waals surface area contributed by atoms with Gasteiger partial charge in [0.25, 0.3) is 0 Å². The molecule has 10 nitrogen and oxygen atoms in total. The molecule has 210 valence electrons. The summed E-state index contributed by atoms with van der Waals surface area (Å²) in [6.45, 7) is 0. The van der Waals surface area contributed by atoms with Gasteiger partial charge in [0, 0.05) is 12.1 Å². The number of aliphatic imine (C=N–C) groups is 1. The Kier molecular flexibility index (Phi) is 8.78. The molecule has 2 atom stereocenters. The summed E-state index contributed by atoms with van der Waals surface area (Å²) in [5, 5.41) is 32.8. The number of carbonyl (C=O) groups is 2. The lowest BCUT2D eigenvalue weighted by molar-refractivity contribution is -0.121. The number of methoxy groups -OCH3 is 3. The van der Waals surface area contributed by atoms with Gasteiger partial charge in [-0.25, -0.2) is 9.79 Å². The van der Waals surface area contributed by atoms with Gasteiger partial charge in [0.2, 0.25) is 0 Å². The topological polar surface area (TPSA) is 147 Å². The number of rotatable bonds is 11. The molecule has 0 aromatic heterocycles. The third-order valence-corrected chi connectivity index (χ3v) is 6.94. The Balaban J connectivity index is 1.64. The first-order valence-electron chi connectivity index (χ1n) is 12.7. The minimum atomic E-state index is -0.773. The number of ether oxygens (including phenoxy) is 3. The second-order valence-corrected chi connectivity index (χ2v) is 9.42. The minimum absolute atomic E-state index is 0.00851. The Morgan fingerprint density at radius 2 is 1.30 bits per heavy atom. The summed E-state index contributed by atoms with van der Waals surface area (Å²) < 4.78 is 15.6. The molecule has 0 fully saturated rings. The first-order chi connectivity index (χ1) is 19.2. The van der Waals surface area contributed by atoms with Crippen molar-refractivity contribution in [3.63, 3.8) is 0 Å². The lowest BCUT2D eigenvalue weighted by Crippen LogP contribution is -2.44. The molecule has 0 bridgehead atoms. The smallest absolute Gasteiger partial charge is 0.341 e. The van der Waals surface area contributed by atoms with Crippen molar-refractivity contribution in [1.82, 2.24) is 5.32 Å². The molecule has 3 aromatic carbocycles. The van der Waals surface area contributed by atoms with Crippen molar-refractivity contribution in [3.05, 3.63) is 71.3 Å². The van der Waals surface area contributed by atoms with Crippen LogP contribution in [0.1, 0.15) is 35.6 Å². The van der Waals surface area contributed by atoms with E-state index in [1.54, 1.807) is 36.4 Å². The first kappa shape index (κ1) is 28.3. The van der Waals surface area contributed by atoms with Crippen LogP contribution in [0.15, 0.2) is 59.6 Å². The number of benzene rings is 3. The molecule has 40 heavy (non-hydrogen) atoms. The molecule has 0 saturated carbocycles. The van der Waals surface area contributed by atoms with Crippen molar-refractivity contribution in [1.29, 1.82) is 0 Å². The maximum absolute atomic E-state index is 13.8. The predicted molar refractivity (Wildman–Crippen MR) is 148 cm³/mol. The first-order valence-corrected chi connectivity index (χ1v) is 12.7. The van der Waals surface area contributed by atoms with Crippen LogP contribution in [0.5, 0.6) is 34.5 Å². The highest BCUT2D eigenvalue weighted by Crippen LogP contribution is 2.36. The number of hydrogen-bond acceptors (Lipinski definition) is 8. The van der Waals surface area contributed by atoms with Crippen LogP contribution in [0.4, 0.5) is 4.79 Å². The molecule has 0 saturated heterocycles. The summed E-state index contributed by atoms with van der Waals surface area (Å²) in [5.41, 5.74) is 2.67. The standard InChI is InChI=1S/C30H32N2O8/c1-38-25-14-17(5-10-21(25)33)4-9-20-28(24(36)12-7-18-6-11-22(34)26(15-18)39-2)29(32-30(37)31-20)19-8-13-23(35)27(16-19)40-3/h5-6,8,10-11,13-16,28-29,33-35H,4,7,9,12H2,1-3H3,(H,32,37). The van der Waals surface area contributed by atoms with E-state index in [1.165, 1.54) is 39.5 Å². The van der Waals surface area contributed by atoms with Gasteiger partial charge in [-0.05, 0) is 72.4 Å². The molecule has 10 heteroatoms. The van der Waals surface area contributed by atoms with Gasteiger partial charge in [0.05, 0.1) is 33.3 Å². The maximum atomic E-state index is 13.8. The molecular weight excluding hydrogens is 516 g/mol. The summed E-state index contributed by atoms with van der Waals surface area (Å²) in [6, 6.07) is 13.3. The quantitative estimate of drug-likeness (QED) is 0.274. The van der Waals surface area contributed by atoms with Crippen LogP contribution in [0, 0.1) is 5.92 Å². The molecule has 0 radical (unpaired) electrons. The van der Waals surface area contributed by atoms with Crippen molar-refractivity contribution < 1.29 is 39.1 Å². The molecular formula is C30H32N2O8. The van der Waals surface area contributed by atoms with Crippen LogP contribution in [0.3, 0.4) is 0 Å². The van der Waals surface area contributed by atoms with E-state index in [2.05, 4.69) is 10.3 Å². The molecule has 4 N–H and O–H groups in total. The van der Waals surface area contributed by atoms with Gasteiger partial charge in [-0.2, -0.15) is 0 Å². The zero-order valence-corrected chi connectivity index (χ0v) is 22.5. The average molecular weight is 549 g/mol. The number of phenols is 3. The van der Waals surface area contributed by atoms with Crippen molar-refractivity contribution in [2.24, 2.45) is 10.9 Å². The highest BCUT2D eigenvalue weighted by Gasteiger charge is 2.38. The number of hydrogen-bond donors (Lipinski definition) is 4. The van der Waals surface area contributed by atoms with E-state index in [1.807, 2.05) is 0 Å². The van der Waals surface area contributed by atoms with Crippen LogP contribution in [-0.4, -0.2) is 54.2 Å². The van der Waals surface area contributed by atoms with Crippen molar-refractivity contribution in [3.8, 4) is 34.5 Å². The van der Waals surface area contributed by atoms with Gasteiger partial charge >= 0.3 is 6.03 Å². The van der Waals surface area contributed by atoms with E-state index in [9.17, 15) is 24.9 Å². The molecule has 0 aliphatic carbocycles. The van der Waals surface area contributed by atoms with Crippen molar-refractivity contribution in [2.75, 3.05) is 21.3 Å². The van der Waals surface area contributed by atoms with Gasteiger partial charge in [0.1, 0.15) is 5.78 Å². The van der Waals surface area contributed by atoms with E-state index in [-0.39, 0.29) is 35.2 Å². The van der Waals surface area contributed by atoms with Crippen LogP contribution in [0.25, 0.3) is 0 Å². The molecule has 0 spiro atoms. The lowest BCUT2D eigenvalue weighted by Gasteiger charge is -2.32. The van der Waals surface area contributed by atoms with Crippen LogP contribution in [-0.2, 0) is 17.6 Å². The molecule has 1 aliphatic heterocycles. The van der Waals surface area contributed by atoms with E-state index < -0.39 is 18.0 Å². The summed E-state index contributed by atoms with van der Waals surface area (Å²) in [6.07, 6.45) is 1.30. The fraction of sp³-hybridized carbons (Fsp3) is 0.300. The second kappa shape index (κ2) is 12.4. The zero-order valence-electron chi connectivity index (χ0n) is 22.5. The third-order valence-electron chi connectivity index (χ3n) is 6.94. The Labute approximate surface area is 231 Å². The summed E-state index contributed by atoms with van der Waals surface area (Å²) in [7, 11) is 4.34. The maximum Gasteiger partial charge on any atom is 0.341 e. The number of ketones is 1. The Morgan fingerprint density at radius 1 is 0.775 bits per heavy atom. The van der Waals surface area contributed by atoms with E-state index in [0.29, 0.717) is 42.0 Å². The Bertz CT molecular complexity index is 1440. The van der Waals surface area contributed by atoms with Gasteiger partial charge in [-0.15, -0.1) is 0 Å². The molecule has 2 unspecified atom stereocenters. The largest absolute Gasteiger partial charge is 0.504 e. The number of Topliss-reactive ketones (excluding diaryl/α,β-unsaturated/α-hetero) is 1. The number of aromatic hydroxyl groups is 3. The number of aryl methyl sites for hydroxylation is 2. The van der Waals surface area contributed by atoms with Gasteiger partial charge < -0.3 is 34.8 Å². The number of carbonyl (C=O) groups excluding carboxylic acids is 2. The van der Waals surface area contributed by atoms with Crippen molar-refractivity contribution >= 4 is 17.5 Å². The van der Waals surface area contributed by atoms with Gasteiger partial charge in [0.15, 0.2) is 34.5 Å². The lowest BCUT2D eigenvalue weighted by atomic mass is 9.80. The molecule has 4 rings (SSSR count). The third kappa shape index (κ3) is 6.28. The summed E-state index contributed by atoms with van der Waals surface area (Å²) in [4.78, 5) is 30.8. The van der Waals surface area contributed by atoms with Crippen LogP contribution < -0.4 is 19.5 Å².